The number of piperidine rings is 1. The predicted molar refractivity (Wildman–Crippen MR) is 75.6 cm³/mol. The summed E-state index contributed by atoms with van der Waals surface area (Å²) in [5.74, 6) is 0.792. The van der Waals surface area contributed by atoms with Crippen molar-refractivity contribution in [2.24, 2.45) is 5.92 Å². The van der Waals surface area contributed by atoms with Gasteiger partial charge in [-0.3, -0.25) is 9.69 Å². The Kier molecular flexibility index (Phi) is 4.77. The molecule has 19 heavy (non-hydrogen) atoms. The highest BCUT2D eigenvalue weighted by Gasteiger charge is 2.22. The normalized spacial score (nSPS) is 20.7. The van der Waals surface area contributed by atoms with Gasteiger partial charge in [-0.15, -0.1) is 0 Å². The van der Waals surface area contributed by atoms with Gasteiger partial charge in [0, 0.05) is 30.6 Å². The van der Waals surface area contributed by atoms with Crippen LogP contribution in [0.1, 0.15) is 34.6 Å². The summed E-state index contributed by atoms with van der Waals surface area (Å²) in [6.07, 6.45) is 2.37. The Labute approximate surface area is 115 Å². The van der Waals surface area contributed by atoms with E-state index in [2.05, 4.69) is 9.88 Å². The zero-order valence-electron chi connectivity index (χ0n) is 12.2. The third kappa shape index (κ3) is 3.67. The first-order valence-electron chi connectivity index (χ1n) is 7.01. The highest BCUT2D eigenvalue weighted by molar-refractivity contribution is 5.98. The van der Waals surface area contributed by atoms with Gasteiger partial charge in [0.25, 0.3) is 0 Å². The number of aryl methyl sites for hydroxylation is 2. The average molecular weight is 264 g/mol. The fourth-order valence-electron chi connectivity index (χ4n) is 2.97. The fourth-order valence-corrected chi connectivity index (χ4v) is 2.97. The lowest BCUT2D eigenvalue weighted by molar-refractivity contribution is 0.0757. The molecular weight excluding hydrogens is 240 g/mol. The maximum absolute atomic E-state index is 12.3. The standard InChI is InChI=1S/C15H24N2O2/c1-11-7-14(12(2)16-11)15(18)9-17-6-4-5-13(8-17)10-19-3/h7,13,16H,4-6,8-10H2,1-3H3. The van der Waals surface area contributed by atoms with Crippen molar-refractivity contribution < 1.29 is 9.53 Å². The van der Waals surface area contributed by atoms with E-state index in [4.69, 9.17) is 4.74 Å². The number of likely N-dealkylation sites (tertiary alicyclic amines) is 1. The number of hydrogen-bond acceptors (Lipinski definition) is 3. The molecule has 1 saturated heterocycles. The van der Waals surface area contributed by atoms with Crippen LogP contribution >= 0.6 is 0 Å². The molecule has 1 N–H and O–H groups in total. The number of ketones is 1. The Hall–Kier alpha value is -1.13. The molecule has 0 spiro atoms. The lowest BCUT2D eigenvalue weighted by Crippen LogP contribution is -2.40. The average Bonchev–Trinajstić information content (AvgIpc) is 2.69. The highest BCUT2D eigenvalue weighted by atomic mass is 16.5. The SMILES string of the molecule is COCC1CCCN(CC(=O)c2cc(C)[nH]c2C)C1. The van der Waals surface area contributed by atoms with Crippen molar-refractivity contribution in [2.75, 3.05) is 33.4 Å². The van der Waals surface area contributed by atoms with Gasteiger partial charge in [0.15, 0.2) is 5.78 Å². The Bertz CT molecular complexity index is 437. The summed E-state index contributed by atoms with van der Waals surface area (Å²) in [7, 11) is 1.75. The molecule has 0 amide bonds. The van der Waals surface area contributed by atoms with E-state index < -0.39 is 0 Å². The molecule has 1 aliphatic heterocycles. The largest absolute Gasteiger partial charge is 0.384 e. The highest BCUT2D eigenvalue weighted by Crippen LogP contribution is 2.18. The number of aromatic amines is 1. The number of nitrogens with one attached hydrogen (secondary N) is 1. The van der Waals surface area contributed by atoms with Crippen LogP contribution in [0.25, 0.3) is 0 Å². The van der Waals surface area contributed by atoms with Crippen LogP contribution in [0.5, 0.6) is 0 Å². The molecular formula is C15H24N2O2. The van der Waals surface area contributed by atoms with Crippen molar-refractivity contribution in [1.29, 1.82) is 0 Å². The molecule has 0 saturated carbocycles. The molecule has 1 atom stereocenters. The number of hydrogen-bond donors (Lipinski definition) is 1. The minimum absolute atomic E-state index is 0.222. The molecule has 0 bridgehead atoms. The van der Waals surface area contributed by atoms with E-state index in [1.807, 2.05) is 19.9 Å². The summed E-state index contributed by atoms with van der Waals surface area (Å²) in [4.78, 5) is 17.8. The molecule has 2 rings (SSSR count). The third-order valence-electron chi connectivity index (χ3n) is 3.82. The second-order valence-corrected chi connectivity index (χ2v) is 5.61. The Balaban J connectivity index is 1.93. The second-order valence-electron chi connectivity index (χ2n) is 5.61. The molecule has 1 aromatic rings. The van der Waals surface area contributed by atoms with Crippen LogP contribution in [0.15, 0.2) is 6.07 Å². The molecule has 2 heterocycles. The Morgan fingerprint density at radius 1 is 1.53 bits per heavy atom. The number of methoxy groups -OCH3 is 1. The van der Waals surface area contributed by atoms with E-state index in [9.17, 15) is 4.79 Å². The van der Waals surface area contributed by atoms with E-state index >= 15 is 0 Å². The van der Waals surface area contributed by atoms with E-state index in [1.54, 1.807) is 7.11 Å². The number of ether oxygens (including phenoxy) is 1. The van der Waals surface area contributed by atoms with Crippen molar-refractivity contribution in [3.63, 3.8) is 0 Å². The van der Waals surface area contributed by atoms with Gasteiger partial charge in [-0.1, -0.05) is 0 Å². The zero-order valence-corrected chi connectivity index (χ0v) is 12.2. The van der Waals surface area contributed by atoms with Gasteiger partial charge < -0.3 is 9.72 Å². The molecule has 0 radical (unpaired) electrons. The van der Waals surface area contributed by atoms with E-state index in [-0.39, 0.29) is 5.78 Å². The number of aromatic nitrogens is 1. The Morgan fingerprint density at radius 3 is 2.95 bits per heavy atom. The van der Waals surface area contributed by atoms with Gasteiger partial charge in [-0.25, -0.2) is 0 Å². The first kappa shape index (κ1) is 14.3. The minimum atomic E-state index is 0.222. The van der Waals surface area contributed by atoms with Crippen molar-refractivity contribution in [3.05, 3.63) is 23.0 Å². The van der Waals surface area contributed by atoms with Crippen LogP contribution in [0, 0.1) is 19.8 Å². The summed E-state index contributed by atoms with van der Waals surface area (Å²) >= 11 is 0. The smallest absolute Gasteiger partial charge is 0.178 e. The molecule has 1 aliphatic rings. The lowest BCUT2D eigenvalue weighted by Gasteiger charge is -2.31. The van der Waals surface area contributed by atoms with Gasteiger partial charge in [0.1, 0.15) is 0 Å². The van der Waals surface area contributed by atoms with Crippen LogP contribution in [-0.2, 0) is 4.74 Å². The molecule has 1 fully saturated rings. The van der Waals surface area contributed by atoms with Crippen LogP contribution < -0.4 is 0 Å². The summed E-state index contributed by atoms with van der Waals surface area (Å²) in [5.41, 5.74) is 2.87. The summed E-state index contributed by atoms with van der Waals surface area (Å²) < 4.78 is 5.23. The maximum atomic E-state index is 12.3. The predicted octanol–water partition coefficient (Wildman–Crippen LogP) is 2.17. The van der Waals surface area contributed by atoms with Crippen molar-refractivity contribution in [1.82, 2.24) is 9.88 Å². The molecule has 4 nitrogen and oxygen atoms in total. The first-order valence-corrected chi connectivity index (χ1v) is 7.01. The molecule has 0 aliphatic carbocycles. The molecule has 4 heteroatoms. The third-order valence-corrected chi connectivity index (χ3v) is 3.82. The monoisotopic (exact) mass is 264 g/mol. The fraction of sp³-hybridized carbons (Fsp3) is 0.667. The summed E-state index contributed by atoms with van der Waals surface area (Å²) in [6.45, 7) is 7.27. The van der Waals surface area contributed by atoms with Crippen LogP contribution in [0.2, 0.25) is 0 Å². The zero-order chi connectivity index (χ0) is 13.8. The van der Waals surface area contributed by atoms with E-state index in [0.717, 1.165) is 43.1 Å². The van der Waals surface area contributed by atoms with E-state index in [1.165, 1.54) is 6.42 Å². The van der Waals surface area contributed by atoms with Gasteiger partial charge in [-0.05, 0) is 45.2 Å². The molecule has 1 aromatic heterocycles. The maximum Gasteiger partial charge on any atom is 0.178 e. The molecule has 1 unspecified atom stereocenters. The minimum Gasteiger partial charge on any atom is -0.384 e. The Morgan fingerprint density at radius 2 is 2.32 bits per heavy atom. The number of Topliss-reactive ketones (excluding diaryl/α,β-unsaturated/α-hetero) is 1. The molecule has 0 aromatic carbocycles. The quantitative estimate of drug-likeness (QED) is 0.829. The van der Waals surface area contributed by atoms with Crippen molar-refractivity contribution in [2.45, 2.75) is 26.7 Å². The van der Waals surface area contributed by atoms with Crippen LogP contribution in [0.3, 0.4) is 0 Å². The van der Waals surface area contributed by atoms with E-state index in [0.29, 0.717) is 12.5 Å². The topological polar surface area (TPSA) is 45.3 Å². The second kappa shape index (κ2) is 6.35. The number of carbonyl (C=O) groups is 1. The molecule has 106 valence electrons. The summed E-state index contributed by atoms with van der Waals surface area (Å²) in [6, 6.07) is 1.95. The van der Waals surface area contributed by atoms with Gasteiger partial charge in [0.05, 0.1) is 13.2 Å². The van der Waals surface area contributed by atoms with Crippen molar-refractivity contribution >= 4 is 5.78 Å². The number of nitrogens with zero attached hydrogens (tertiary/aromatic N) is 1. The summed E-state index contributed by atoms with van der Waals surface area (Å²) in [5, 5.41) is 0. The van der Waals surface area contributed by atoms with Crippen LogP contribution in [0.4, 0.5) is 0 Å². The first-order chi connectivity index (χ1) is 9.10. The van der Waals surface area contributed by atoms with Gasteiger partial charge in [0.2, 0.25) is 0 Å². The van der Waals surface area contributed by atoms with Crippen molar-refractivity contribution in [3.8, 4) is 0 Å². The van der Waals surface area contributed by atoms with Gasteiger partial charge >= 0.3 is 0 Å². The number of rotatable bonds is 5. The van der Waals surface area contributed by atoms with Crippen LogP contribution in [-0.4, -0.2) is 49.0 Å². The number of H-pyrrole nitrogens is 1. The lowest BCUT2D eigenvalue weighted by atomic mass is 9.98. The van der Waals surface area contributed by atoms with Gasteiger partial charge in [-0.2, -0.15) is 0 Å². The number of carbonyl (C=O) groups excluding carboxylic acids is 1.